The Bertz CT molecular complexity index is 526. The molecule has 3 N–H and O–H groups in total. The molecule has 0 saturated heterocycles. The predicted octanol–water partition coefficient (Wildman–Crippen LogP) is 1.51. The molecule has 21 heavy (non-hydrogen) atoms. The molecule has 7 heteroatoms. The molecule has 0 aliphatic rings. The van der Waals surface area contributed by atoms with Crippen LogP contribution in [0.25, 0.3) is 0 Å². The summed E-state index contributed by atoms with van der Waals surface area (Å²) in [5.74, 6) is -0.509. The van der Waals surface area contributed by atoms with Gasteiger partial charge in [-0.25, -0.2) is 4.79 Å². The van der Waals surface area contributed by atoms with E-state index in [1.54, 1.807) is 30.3 Å². The highest BCUT2D eigenvalue weighted by molar-refractivity contribution is 5.94. The minimum Gasteiger partial charge on any atom is -0.473 e. The Morgan fingerprint density at radius 2 is 2.00 bits per heavy atom. The molecule has 0 spiro atoms. The zero-order valence-electron chi connectivity index (χ0n) is 11.6. The highest BCUT2D eigenvalue weighted by Crippen LogP contribution is 2.10. The summed E-state index contributed by atoms with van der Waals surface area (Å²) in [7, 11) is 1.24. The van der Waals surface area contributed by atoms with Crippen LogP contribution in [0.1, 0.15) is 5.56 Å². The van der Waals surface area contributed by atoms with Gasteiger partial charge in [0, 0.05) is 11.3 Å². The van der Waals surface area contributed by atoms with Crippen molar-refractivity contribution in [2.24, 2.45) is 0 Å². The van der Waals surface area contributed by atoms with E-state index >= 15 is 0 Å². The average Bonchev–Trinajstić information content (AvgIpc) is 2.50. The fourth-order valence-electron chi connectivity index (χ4n) is 1.33. The summed E-state index contributed by atoms with van der Waals surface area (Å²) >= 11 is 0. The SMILES string of the molecule is C=CCOC(=N)c1ccc(NC(=O)NCC(=O)OC)cc1. The van der Waals surface area contributed by atoms with Gasteiger partial charge < -0.3 is 20.1 Å². The van der Waals surface area contributed by atoms with Crippen molar-refractivity contribution in [3.63, 3.8) is 0 Å². The lowest BCUT2D eigenvalue weighted by Gasteiger charge is -2.08. The van der Waals surface area contributed by atoms with E-state index in [9.17, 15) is 9.59 Å². The van der Waals surface area contributed by atoms with E-state index < -0.39 is 12.0 Å². The van der Waals surface area contributed by atoms with Gasteiger partial charge in [0.15, 0.2) is 0 Å². The van der Waals surface area contributed by atoms with Crippen molar-refractivity contribution in [3.8, 4) is 0 Å². The van der Waals surface area contributed by atoms with E-state index in [0.717, 1.165) is 0 Å². The maximum atomic E-state index is 11.5. The van der Waals surface area contributed by atoms with E-state index in [1.807, 2.05) is 0 Å². The molecule has 1 rings (SSSR count). The number of urea groups is 1. The number of methoxy groups -OCH3 is 1. The molecule has 0 heterocycles. The molecule has 2 amide bonds. The fraction of sp³-hybridized carbons (Fsp3) is 0.214. The Kier molecular flexibility index (Phi) is 6.46. The van der Waals surface area contributed by atoms with Gasteiger partial charge in [0.1, 0.15) is 13.2 Å². The number of anilines is 1. The minimum absolute atomic E-state index is 0.0246. The maximum Gasteiger partial charge on any atom is 0.325 e. The summed E-state index contributed by atoms with van der Waals surface area (Å²) in [6, 6.07) is 6.01. The molecular weight excluding hydrogens is 274 g/mol. The Morgan fingerprint density at radius 3 is 2.57 bits per heavy atom. The molecule has 0 unspecified atom stereocenters. The monoisotopic (exact) mass is 291 g/mol. The molecule has 0 bridgehead atoms. The number of hydrogen-bond donors (Lipinski definition) is 3. The van der Waals surface area contributed by atoms with Crippen molar-refractivity contribution in [1.82, 2.24) is 5.32 Å². The van der Waals surface area contributed by atoms with Crippen molar-refractivity contribution in [2.75, 3.05) is 25.6 Å². The van der Waals surface area contributed by atoms with Gasteiger partial charge in [0.2, 0.25) is 5.90 Å². The quantitative estimate of drug-likeness (QED) is 0.320. The zero-order valence-corrected chi connectivity index (χ0v) is 11.6. The summed E-state index contributed by atoms with van der Waals surface area (Å²) in [5, 5.41) is 12.5. The number of carbonyl (C=O) groups excluding carboxylic acids is 2. The van der Waals surface area contributed by atoms with Crippen LogP contribution in [0.3, 0.4) is 0 Å². The van der Waals surface area contributed by atoms with Gasteiger partial charge in [-0.05, 0) is 24.3 Å². The number of hydrogen-bond acceptors (Lipinski definition) is 5. The number of nitrogens with one attached hydrogen (secondary N) is 3. The highest BCUT2D eigenvalue weighted by Gasteiger charge is 2.06. The number of carbonyl (C=O) groups is 2. The van der Waals surface area contributed by atoms with E-state index in [-0.39, 0.29) is 19.0 Å². The molecule has 0 fully saturated rings. The Hall–Kier alpha value is -2.83. The Labute approximate surface area is 122 Å². The third-order valence-corrected chi connectivity index (χ3v) is 2.37. The van der Waals surface area contributed by atoms with Gasteiger partial charge in [0.25, 0.3) is 0 Å². The van der Waals surface area contributed by atoms with Crippen molar-refractivity contribution in [3.05, 3.63) is 42.5 Å². The molecule has 0 radical (unpaired) electrons. The van der Waals surface area contributed by atoms with Gasteiger partial charge >= 0.3 is 12.0 Å². The number of ether oxygens (including phenoxy) is 2. The van der Waals surface area contributed by atoms with Crippen LogP contribution in [0.2, 0.25) is 0 Å². The van der Waals surface area contributed by atoms with Crippen LogP contribution in [-0.2, 0) is 14.3 Å². The largest absolute Gasteiger partial charge is 0.473 e. The number of esters is 1. The van der Waals surface area contributed by atoms with Crippen molar-refractivity contribution >= 4 is 23.6 Å². The zero-order chi connectivity index (χ0) is 15.7. The number of amides is 2. The molecule has 112 valence electrons. The van der Waals surface area contributed by atoms with E-state index in [1.165, 1.54) is 7.11 Å². The van der Waals surface area contributed by atoms with Gasteiger partial charge in [0.05, 0.1) is 7.11 Å². The molecule has 1 aromatic rings. The molecule has 0 aliphatic heterocycles. The van der Waals surface area contributed by atoms with E-state index in [2.05, 4.69) is 21.9 Å². The number of rotatable bonds is 6. The smallest absolute Gasteiger partial charge is 0.325 e. The van der Waals surface area contributed by atoms with Crippen LogP contribution >= 0.6 is 0 Å². The maximum absolute atomic E-state index is 11.5. The summed E-state index contributed by atoms with van der Waals surface area (Å²) in [5.41, 5.74) is 1.11. The Morgan fingerprint density at radius 1 is 1.33 bits per heavy atom. The lowest BCUT2D eigenvalue weighted by Crippen LogP contribution is -2.33. The first-order valence-corrected chi connectivity index (χ1v) is 6.11. The first-order valence-electron chi connectivity index (χ1n) is 6.11. The van der Waals surface area contributed by atoms with Gasteiger partial charge in [-0.3, -0.25) is 10.2 Å². The van der Waals surface area contributed by atoms with Crippen LogP contribution in [0.15, 0.2) is 36.9 Å². The second-order valence-electron chi connectivity index (χ2n) is 3.89. The summed E-state index contributed by atoms with van der Waals surface area (Å²) in [4.78, 5) is 22.4. The lowest BCUT2D eigenvalue weighted by atomic mass is 10.2. The third kappa shape index (κ3) is 5.77. The summed E-state index contributed by atoms with van der Waals surface area (Å²) < 4.78 is 9.49. The second kappa shape index (κ2) is 8.36. The molecule has 0 atom stereocenters. The van der Waals surface area contributed by atoms with Crippen LogP contribution in [-0.4, -0.2) is 38.2 Å². The Balaban J connectivity index is 2.50. The summed E-state index contributed by atoms with van der Waals surface area (Å²) in [6.07, 6.45) is 1.55. The van der Waals surface area contributed by atoms with E-state index in [0.29, 0.717) is 11.3 Å². The van der Waals surface area contributed by atoms with Gasteiger partial charge in [-0.2, -0.15) is 0 Å². The molecule has 0 aromatic heterocycles. The van der Waals surface area contributed by atoms with Crippen molar-refractivity contribution < 1.29 is 19.1 Å². The highest BCUT2D eigenvalue weighted by atomic mass is 16.5. The predicted molar refractivity (Wildman–Crippen MR) is 78.5 cm³/mol. The molecular formula is C14H17N3O4. The first kappa shape index (κ1) is 16.2. The standard InChI is InChI=1S/C14H17N3O4/c1-3-8-21-13(15)10-4-6-11(7-5-10)17-14(19)16-9-12(18)20-2/h3-7,15H,1,8-9H2,2H3,(H2,16,17,19). The van der Waals surface area contributed by atoms with Crippen LogP contribution < -0.4 is 10.6 Å². The van der Waals surface area contributed by atoms with Gasteiger partial charge in [-0.1, -0.05) is 12.7 Å². The van der Waals surface area contributed by atoms with Gasteiger partial charge in [-0.15, -0.1) is 0 Å². The first-order chi connectivity index (χ1) is 10.1. The van der Waals surface area contributed by atoms with Crippen molar-refractivity contribution in [2.45, 2.75) is 0 Å². The molecule has 7 nitrogen and oxygen atoms in total. The van der Waals surface area contributed by atoms with E-state index in [4.69, 9.17) is 10.1 Å². The average molecular weight is 291 g/mol. The van der Waals surface area contributed by atoms with Crippen LogP contribution in [0, 0.1) is 5.41 Å². The lowest BCUT2D eigenvalue weighted by molar-refractivity contribution is -0.139. The summed E-state index contributed by atoms with van der Waals surface area (Å²) in [6.45, 7) is 3.55. The van der Waals surface area contributed by atoms with Crippen LogP contribution in [0.4, 0.5) is 10.5 Å². The molecule has 0 aliphatic carbocycles. The second-order valence-corrected chi connectivity index (χ2v) is 3.89. The number of benzene rings is 1. The molecule has 0 saturated carbocycles. The topological polar surface area (TPSA) is 101 Å². The molecule has 1 aromatic carbocycles. The van der Waals surface area contributed by atoms with Crippen LogP contribution in [0.5, 0.6) is 0 Å². The fourth-order valence-corrected chi connectivity index (χ4v) is 1.33. The minimum atomic E-state index is -0.534. The normalized spacial score (nSPS) is 9.38. The third-order valence-electron chi connectivity index (χ3n) is 2.37. The van der Waals surface area contributed by atoms with Crippen molar-refractivity contribution in [1.29, 1.82) is 5.41 Å².